The second kappa shape index (κ2) is 3.72. The Hall–Kier alpha value is -1.47. The molecule has 5 nitrogen and oxygen atoms in total. The highest BCUT2D eigenvalue weighted by Crippen LogP contribution is 2.12. The molecule has 0 saturated heterocycles. The van der Waals surface area contributed by atoms with E-state index >= 15 is 0 Å². The van der Waals surface area contributed by atoms with E-state index in [-0.39, 0.29) is 5.69 Å². The first-order chi connectivity index (χ1) is 6.39. The van der Waals surface area contributed by atoms with Crippen LogP contribution < -0.4 is 5.73 Å². The summed E-state index contributed by atoms with van der Waals surface area (Å²) >= 11 is 0. The van der Waals surface area contributed by atoms with Crippen molar-refractivity contribution < 1.29 is 17.4 Å². The lowest BCUT2D eigenvalue weighted by Gasteiger charge is -1.96. The average Bonchev–Trinajstić information content (AvgIpc) is 2.07. The molecular formula is C7H7FN2O3S. The first kappa shape index (κ1) is 10.6. The van der Waals surface area contributed by atoms with Crippen molar-refractivity contribution in [2.75, 3.05) is 0 Å². The lowest BCUT2D eigenvalue weighted by Crippen LogP contribution is -2.22. The minimum Gasteiger partial charge on any atom is -0.372 e. The third-order valence-electron chi connectivity index (χ3n) is 1.33. The van der Waals surface area contributed by atoms with Crippen LogP contribution in [-0.2, 0) is 10.1 Å². The number of rotatable bonds is 1. The van der Waals surface area contributed by atoms with Crippen LogP contribution in [0.3, 0.4) is 0 Å². The fraction of sp³-hybridized carbons (Fsp3) is 0. The van der Waals surface area contributed by atoms with Crippen LogP contribution in [0.25, 0.3) is 0 Å². The molecule has 1 aromatic rings. The number of nitrogens with two attached hydrogens (primary N) is 1. The number of hydrogen-bond acceptors (Lipinski definition) is 3. The van der Waals surface area contributed by atoms with Crippen molar-refractivity contribution >= 4 is 21.0 Å². The van der Waals surface area contributed by atoms with Gasteiger partial charge in [-0.3, -0.25) is 4.55 Å². The summed E-state index contributed by atoms with van der Waals surface area (Å²) in [5, 5.41) is -0.927. The number of hydrogen-bond donors (Lipinski definition) is 2. The molecule has 76 valence electrons. The van der Waals surface area contributed by atoms with Crippen LogP contribution in [0.2, 0.25) is 0 Å². The van der Waals surface area contributed by atoms with Gasteiger partial charge in [-0.15, -0.1) is 0 Å². The maximum absolute atomic E-state index is 12.4. The molecule has 0 fully saturated rings. The zero-order valence-electron chi connectivity index (χ0n) is 6.88. The summed E-state index contributed by atoms with van der Waals surface area (Å²) in [7, 11) is -4.48. The Labute approximate surface area is 79.8 Å². The second-order valence-electron chi connectivity index (χ2n) is 2.40. The summed E-state index contributed by atoms with van der Waals surface area (Å²) in [6, 6.07) is 4.65. The molecule has 0 unspecified atom stereocenters. The Kier molecular flexibility index (Phi) is 2.82. The van der Waals surface area contributed by atoms with E-state index in [4.69, 9.17) is 10.3 Å². The van der Waals surface area contributed by atoms with Gasteiger partial charge in [0.1, 0.15) is 5.82 Å². The standard InChI is InChI=1S/C7H7FN2O3S/c8-5-1-3-6(4-2-5)10-7(9)14(11,12)13/h1-4H,(H2,9,10)(H,11,12,13). The van der Waals surface area contributed by atoms with Crippen molar-refractivity contribution in [1.82, 2.24) is 0 Å². The van der Waals surface area contributed by atoms with Crippen molar-refractivity contribution in [1.29, 1.82) is 0 Å². The van der Waals surface area contributed by atoms with Crippen molar-refractivity contribution in [3.05, 3.63) is 30.1 Å². The number of amidine groups is 1. The molecule has 0 radical (unpaired) electrons. The second-order valence-corrected chi connectivity index (χ2v) is 3.77. The molecule has 1 aromatic carbocycles. The van der Waals surface area contributed by atoms with Gasteiger partial charge in [-0.1, -0.05) is 0 Å². The first-order valence-corrected chi connectivity index (χ1v) is 4.91. The van der Waals surface area contributed by atoms with Crippen molar-refractivity contribution in [3.63, 3.8) is 0 Å². The molecule has 0 heterocycles. The minimum atomic E-state index is -4.48. The minimum absolute atomic E-state index is 0.140. The Balaban J connectivity index is 3.05. The maximum atomic E-state index is 12.4. The van der Waals surface area contributed by atoms with Crippen LogP contribution in [0.5, 0.6) is 0 Å². The van der Waals surface area contributed by atoms with Crippen LogP contribution in [0.4, 0.5) is 10.1 Å². The maximum Gasteiger partial charge on any atom is 0.328 e. The molecule has 14 heavy (non-hydrogen) atoms. The molecule has 0 aliphatic carbocycles. The topological polar surface area (TPSA) is 92.8 Å². The van der Waals surface area contributed by atoms with Gasteiger partial charge in [0.2, 0.25) is 5.17 Å². The Morgan fingerprint density at radius 2 is 1.86 bits per heavy atom. The summed E-state index contributed by atoms with van der Waals surface area (Å²) in [5.74, 6) is -0.477. The molecule has 7 heteroatoms. The number of benzene rings is 1. The molecule has 0 amide bonds. The first-order valence-electron chi connectivity index (χ1n) is 3.47. The zero-order valence-corrected chi connectivity index (χ0v) is 7.70. The summed E-state index contributed by atoms with van der Waals surface area (Å²) in [4.78, 5) is 3.36. The van der Waals surface area contributed by atoms with Gasteiger partial charge in [0.25, 0.3) is 0 Å². The van der Waals surface area contributed by atoms with Gasteiger partial charge in [-0.2, -0.15) is 8.42 Å². The van der Waals surface area contributed by atoms with E-state index in [0.29, 0.717) is 0 Å². The monoisotopic (exact) mass is 218 g/mol. The molecule has 0 aromatic heterocycles. The predicted octanol–water partition coefficient (Wildman–Crippen LogP) is 0.660. The molecule has 0 aliphatic rings. The number of halogens is 1. The fourth-order valence-electron chi connectivity index (χ4n) is 0.701. The van der Waals surface area contributed by atoms with Gasteiger partial charge in [-0.05, 0) is 24.3 Å². The Bertz CT molecular complexity index is 452. The Morgan fingerprint density at radius 1 is 1.36 bits per heavy atom. The molecular weight excluding hydrogens is 211 g/mol. The molecule has 0 aliphatic heterocycles. The lowest BCUT2D eigenvalue weighted by atomic mass is 10.3. The van der Waals surface area contributed by atoms with E-state index in [1.807, 2.05) is 0 Å². The van der Waals surface area contributed by atoms with E-state index < -0.39 is 21.1 Å². The lowest BCUT2D eigenvalue weighted by molar-refractivity contribution is 0.497. The SMILES string of the molecule is NC(=Nc1ccc(F)cc1)S(=O)(=O)O. The molecule has 0 spiro atoms. The van der Waals surface area contributed by atoms with Gasteiger partial charge < -0.3 is 5.73 Å². The van der Waals surface area contributed by atoms with E-state index in [1.54, 1.807) is 0 Å². The fourth-order valence-corrected chi connectivity index (χ4v) is 0.921. The van der Waals surface area contributed by atoms with Gasteiger partial charge in [0, 0.05) is 0 Å². The van der Waals surface area contributed by atoms with Gasteiger partial charge in [-0.25, -0.2) is 9.38 Å². The Morgan fingerprint density at radius 3 is 2.29 bits per heavy atom. The van der Waals surface area contributed by atoms with Crippen LogP contribution in [0, 0.1) is 5.82 Å². The normalized spacial score (nSPS) is 12.9. The predicted molar refractivity (Wildman–Crippen MR) is 49.2 cm³/mol. The summed E-state index contributed by atoms with van der Waals surface area (Å²) in [6.45, 7) is 0. The third kappa shape index (κ3) is 2.79. The molecule has 3 N–H and O–H groups in total. The highest BCUT2D eigenvalue weighted by atomic mass is 32.2. The molecule has 0 bridgehead atoms. The summed E-state index contributed by atoms with van der Waals surface area (Å²) < 4.78 is 41.7. The van der Waals surface area contributed by atoms with Crippen molar-refractivity contribution in [2.45, 2.75) is 0 Å². The molecule has 0 atom stereocenters. The van der Waals surface area contributed by atoms with E-state index in [2.05, 4.69) is 4.99 Å². The van der Waals surface area contributed by atoms with Gasteiger partial charge in [0.15, 0.2) is 0 Å². The largest absolute Gasteiger partial charge is 0.372 e. The molecule has 1 rings (SSSR count). The number of aliphatic imine (C=N–C) groups is 1. The van der Waals surface area contributed by atoms with Crippen LogP contribution in [-0.4, -0.2) is 18.1 Å². The van der Waals surface area contributed by atoms with Gasteiger partial charge in [0.05, 0.1) is 5.69 Å². The highest BCUT2D eigenvalue weighted by molar-refractivity contribution is 8.01. The summed E-state index contributed by atoms with van der Waals surface area (Å²) in [6.07, 6.45) is 0. The van der Waals surface area contributed by atoms with Crippen LogP contribution >= 0.6 is 0 Å². The smallest absolute Gasteiger partial charge is 0.328 e. The zero-order chi connectivity index (χ0) is 10.8. The highest BCUT2D eigenvalue weighted by Gasteiger charge is 2.10. The van der Waals surface area contributed by atoms with E-state index in [1.165, 1.54) is 12.1 Å². The third-order valence-corrected chi connectivity index (χ3v) is 1.95. The van der Waals surface area contributed by atoms with Crippen molar-refractivity contribution in [2.24, 2.45) is 10.7 Å². The molecule has 0 saturated carbocycles. The average molecular weight is 218 g/mol. The van der Waals surface area contributed by atoms with E-state index in [0.717, 1.165) is 12.1 Å². The van der Waals surface area contributed by atoms with Crippen LogP contribution in [0.15, 0.2) is 29.3 Å². The summed E-state index contributed by atoms with van der Waals surface area (Å²) in [5.41, 5.74) is 5.08. The quantitative estimate of drug-likeness (QED) is 0.411. The van der Waals surface area contributed by atoms with Gasteiger partial charge >= 0.3 is 10.1 Å². The van der Waals surface area contributed by atoms with E-state index in [9.17, 15) is 12.8 Å². The number of nitrogens with zero attached hydrogens (tertiary/aromatic N) is 1. The van der Waals surface area contributed by atoms with Crippen LogP contribution in [0.1, 0.15) is 0 Å². The van der Waals surface area contributed by atoms with Crippen molar-refractivity contribution in [3.8, 4) is 0 Å².